The molecular formula is C17H22N4O4. The summed E-state index contributed by atoms with van der Waals surface area (Å²) in [5, 5.41) is 12.3. The van der Waals surface area contributed by atoms with Crippen LogP contribution < -0.4 is 20.7 Å². The summed E-state index contributed by atoms with van der Waals surface area (Å²) < 4.78 is 10.3. The normalized spacial score (nSPS) is 11.5. The number of aryl methyl sites for hydroxylation is 1. The number of benzene rings is 1. The molecule has 0 radical (unpaired) electrons. The summed E-state index contributed by atoms with van der Waals surface area (Å²) in [5.74, 6) is 1.12. The largest absolute Gasteiger partial charge is 0.495 e. The van der Waals surface area contributed by atoms with Crippen LogP contribution in [0.5, 0.6) is 5.75 Å². The van der Waals surface area contributed by atoms with E-state index < -0.39 is 6.04 Å². The molecule has 2 rings (SSSR count). The molecule has 0 aliphatic rings. The van der Waals surface area contributed by atoms with Crippen LogP contribution in [0, 0.1) is 6.92 Å². The van der Waals surface area contributed by atoms with Crippen molar-refractivity contribution in [3.05, 3.63) is 30.0 Å². The molecule has 0 bridgehead atoms. The first-order chi connectivity index (χ1) is 11.9. The van der Waals surface area contributed by atoms with E-state index in [1.54, 1.807) is 31.2 Å². The highest BCUT2D eigenvalue weighted by molar-refractivity contribution is 5.96. The minimum atomic E-state index is -0.515. The van der Waals surface area contributed by atoms with Gasteiger partial charge in [-0.1, -0.05) is 12.1 Å². The molecule has 1 heterocycles. The number of aromatic nitrogens is 1. The van der Waals surface area contributed by atoms with Gasteiger partial charge in [-0.3, -0.25) is 9.59 Å². The van der Waals surface area contributed by atoms with E-state index in [9.17, 15) is 9.59 Å². The Morgan fingerprint density at radius 1 is 1.28 bits per heavy atom. The number of carbonyl (C=O) groups excluding carboxylic acids is 2. The molecular weight excluding hydrogens is 324 g/mol. The lowest BCUT2D eigenvalue weighted by Gasteiger charge is -2.19. The Kier molecular flexibility index (Phi) is 5.99. The summed E-state index contributed by atoms with van der Waals surface area (Å²) >= 11 is 0. The second-order valence-corrected chi connectivity index (χ2v) is 5.51. The van der Waals surface area contributed by atoms with Crippen LogP contribution in [-0.4, -0.2) is 30.1 Å². The molecule has 1 aromatic heterocycles. The Morgan fingerprint density at radius 2 is 2.04 bits per heavy atom. The Balaban J connectivity index is 2.16. The van der Waals surface area contributed by atoms with Gasteiger partial charge in [-0.15, -0.1) is 0 Å². The molecule has 1 atom stereocenters. The first-order valence-electron chi connectivity index (χ1n) is 7.89. The average molecular weight is 346 g/mol. The molecule has 2 amide bonds. The third kappa shape index (κ3) is 4.97. The summed E-state index contributed by atoms with van der Waals surface area (Å²) in [5.41, 5.74) is 1.21. The minimum Gasteiger partial charge on any atom is -0.495 e. The second kappa shape index (κ2) is 8.18. The summed E-state index contributed by atoms with van der Waals surface area (Å²) in [6.07, 6.45) is 0.538. The molecule has 0 saturated heterocycles. The van der Waals surface area contributed by atoms with E-state index in [-0.39, 0.29) is 11.8 Å². The number of nitrogens with one attached hydrogen (secondary N) is 3. The van der Waals surface area contributed by atoms with Gasteiger partial charge in [-0.25, -0.2) is 0 Å². The molecule has 0 unspecified atom stereocenters. The van der Waals surface area contributed by atoms with Gasteiger partial charge in [0, 0.05) is 18.7 Å². The molecule has 134 valence electrons. The quantitative estimate of drug-likeness (QED) is 0.712. The van der Waals surface area contributed by atoms with Crippen molar-refractivity contribution < 1.29 is 18.8 Å². The molecule has 0 aliphatic heterocycles. The van der Waals surface area contributed by atoms with Gasteiger partial charge in [-0.2, -0.15) is 0 Å². The molecule has 2 aromatic rings. The van der Waals surface area contributed by atoms with Gasteiger partial charge in [0.25, 0.3) is 0 Å². The molecule has 1 aromatic carbocycles. The zero-order valence-electron chi connectivity index (χ0n) is 14.7. The summed E-state index contributed by atoms with van der Waals surface area (Å²) in [7, 11) is 1.54. The Hall–Kier alpha value is -3.03. The van der Waals surface area contributed by atoms with Crippen LogP contribution >= 0.6 is 0 Å². The predicted octanol–water partition coefficient (Wildman–Crippen LogP) is 2.78. The van der Waals surface area contributed by atoms with Crippen molar-refractivity contribution in [2.75, 3.05) is 23.1 Å². The van der Waals surface area contributed by atoms with Crippen molar-refractivity contribution >= 4 is 29.0 Å². The highest BCUT2D eigenvalue weighted by Crippen LogP contribution is 2.29. The number of rotatable bonds is 7. The Bertz CT molecular complexity index is 757. The lowest BCUT2D eigenvalue weighted by atomic mass is 10.1. The van der Waals surface area contributed by atoms with Gasteiger partial charge in [0.2, 0.25) is 11.8 Å². The van der Waals surface area contributed by atoms with Gasteiger partial charge >= 0.3 is 0 Å². The number of methoxy groups -OCH3 is 1. The van der Waals surface area contributed by atoms with Gasteiger partial charge in [0.15, 0.2) is 5.82 Å². The van der Waals surface area contributed by atoms with Crippen LogP contribution in [0.25, 0.3) is 0 Å². The van der Waals surface area contributed by atoms with Gasteiger partial charge in [-0.05, 0) is 31.5 Å². The zero-order chi connectivity index (χ0) is 18.4. The molecule has 0 saturated carbocycles. The van der Waals surface area contributed by atoms with Crippen molar-refractivity contribution in [1.82, 2.24) is 5.16 Å². The van der Waals surface area contributed by atoms with E-state index in [0.29, 0.717) is 35.1 Å². The lowest BCUT2D eigenvalue weighted by Crippen LogP contribution is -2.34. The Labute approximate surface area is 145 Å². The smallest absolute Gasteiger partial charge is 0.248 e. The molecule has 0 aliphatic carbocycles. The van der Waals surface area contributed by atoms with Crippen LogP contribution in [0.2, 0.25) is 0 Å². The molecule has 3 N–H and O–H groups in total. The fraction of sp³-hybridized carbons (Fsp3) is 0.353. The maximum atomic E-state index is 12.5. The third-order valence-corrected chi connectivity index (χ3v) is 3.45. The van der Waals surface area contributed by atoms with Crippen LogP contribution in [0.3, 0.4) is 0 Å². The third-order valence-electron chi connectivity index (χ3n) is 3.45. The number of amides is 2. The van der Waals surface area contributed by atoms with E-state index in [0.717, 1.165) is 0 Å². The number of hydrogen-bond acceptors (Lipinski definition) is 6. The molecule has 8 heteroatoms. The summed E-state index contributed by atoms with van der Waals surface area (Å²) in [6, 6.07) is 6.29. The minimum absolute atomic E-state index is 0.178. The molecule has 8 nitrogen and oxygen atoms in total. The van der Waals surface area contributed by atoms with Crippen LogP contribution in [-0.2, 0) is 9.59 Å². The molecule has 25 heavy (non-hydrogen) atoms. The van der Waals surface area contributed by atoms with E-state index in [1.807, 2.05) is 6.92 Å². The van der Waals surface area contributed by atoms with Crippen molar-refractivity contribution in [3.8, 4) is 5.75 Å². The maximum absolute atomic E-state index is 12.5. The molecule has 0 fully saturated rings. The van der Waals surface area contributed by atoms with E-state index in [4.69, 9.17) is 9.26 Å². The van der Waals surface area contributed by atoms with E-state index >= 15 is 0 Å². The topological polar surface area (TPSA) is 105 Å². The average Bonchev–Trinajstić information content (AvgIpc) is 2.97. The van der Waals surface area contributed by atoms with Gasteiger partial charge in [0.1, 0.15) is 17.6 Å². The number of anilines is 3. The first kappa shape index (κ1) is 18.3. The second-order valence-electron chi connectivity index (χ2n) is 5.51. The van der Waals surface area contributed by atoms with Crippen molar-refractivity contribution in [1.29, 1.82) is 0 Å². The monoisotopic (exact) mass is 346 g/mol. The fourth-order valence-electron chi connectivity index (χ4n) is 2.28. The van der Waals surface area contributed by atoms with Crippen LogP contribution in [0.1, 0.15) is 26.0 Å². The number of hydrogen-bond donors (Lipinski definition) is 3. The Morgan fingerprint density at radius 3 is 2.60 bits per heavy atom. The molecule has 0 spiro atoms. The standard InChI is InChI=1S/C17H22N4O4/c1-5-13(17(23)20-16-8-10(2)25-21-16)19-14-9-12(18-11(3)22)6-7-15(14)24-4/h6-9,13,19H,5H2,1-4H3,(H,18,22)(H,20,21,23)/t13-/m1/s1. The van der Waals surface area contributed by atoms with Crippen LogP contribution in [0.15, 0.2) is 28.8 Å². The van der Waals surface area contributed by atoms with E-state index in [2.05, 4.69) is 21.1 Å². The van der Waals surface area contributed by atoms with Crippen molar-refractivity contribution in [3.63, 3.8) is 0 Å². The van der Waals surface area contributed by atoms with E-state index in [1.165, 1.54) is 14.0 Å². The SMILES string of the molecule is CC[C@@H](Nc1cc(NC(C)=O)ccc1OC)C(=O)Nc1cc(C)on1. The maximum Gasteiger partial charge on any atom is 0.248 e. The number of nitrogens with zero attached hydrogens (tertiary/aromatic N) is 1. The predicted molar refractivity (Wildman–Crippen MR) is 94.9 cm³/mol. The van der Waals surface area contributed by atoms with Gasteiger partial charge in [0.05, 0.1) is 12.8 Å². The fourth-order valence-corrected chi connectivity index (χ4v) is 2.28. The van der Waals surface area contributed by atoms with Crippen molar-refractivity contribution in [2.45, 2.75) is 33.2 Å². The highest BCUT2D eigenvalue weighted by Gasteiger charge is 2.19. The summed E-state index contributed by atoms with van der Waals surface area (Å²) in [6.45, 7) is 5.06. The first-order valence-corrected chi connectivity index (χ1v) is 7.89. The summed E-state index contributed by atoms with van der Waals surface area (Å²) in [4.78, 5) is 23.7. The van der Waals surface area contributed by atoms with Crippen molar-refractivity contribution in [2.24, 2.45) is 0 Å². The number of ether oxygens (including phenoxy) is 1. The lowest BCUT2D eigenvalue weighted by molar-refractivity contribution is -0.117. The van der Waals surface area contributed by atoms with Gasteiger partial charge < -0.3 is 25.2 Å². The zero-order valence-corrected chi connectivity index (χ0v) is 14.7. The van der Waals surface area contributed by atoms with Crippen LogP contribution in [0.4, 0.5) is 17.2 Å². The number of carbonyl (C=O) groups is 2. The highest BCUT2D eigenvalue weighted by atomic mass is 16.5.